The lowest BCUT2D eigenvalue weighted by molar-refractivity contribution is -0.142. The summed E-state index contributed by atoms with van der Waals surface area (Å²) in [5.41, 5.74) is 0.934. The molecule has 9 heteroatoms. The van der Waals surface area contributed by atoms with Crippen LogP contribution in [0.15, 0.2) is 78.9 Å². The number of methoxy groups -OCH3 is 1. The number of ether oxygens (including phenoxy) is 3. The third-order valence-electron chi connectivity index (χ3n) is 6.25. The summed E-state index contributed by atoms with van der Waals surface area (Å²) >= 11 is 0. The van der Waals surface area contributed by atoms with Gasteiger partial charge in [-0.3, -0.25) is 14.7 Å². The topological polar surface area (TPSA) is 88.6 Å². The Hall–Kier alpha value is -4.53. The first-order chi connectivity index (χ1) is 18.5. The number of rotatable bonds is 6. The molecule has 2 atom stereocenters. The molecule has 39 heavy (non-hydrogen) atoms. The Bertz CT molecular complexity index is 1340. The van der Waals surface area contributed by atoms with E-state index < -0.39 is 35.8 Å². The molecule has 9 nitrogen and oxygen atoms in total. The summed E-state index contributed by atoms with van der Waals surface area (Å²) in [5, 5.41) is 0. The van der Waals surface area contributed by atoms with Crippen LogP contribution in [0.25, 0.3) is 0 Å². The fourth-order valence-electron chi connectivity index (χ4n) is 4.39. The molecule has 0 radical (unpaired) electrons. The molecule has 3 aromatic rings. The number of para-hydroxylation sites is 1. The number of urea groups is 1. The largest absolute Gasteiger partial charge is 0.467 e. The number of carbonyl (C=O) groups is 3. The number of amides is 3. The van der Waals surface area contributed by atoms with Gasteiger partial charge in [0, 0.05) is 24.1 Å². The molecule has 3 amide bonds. The predicted molar refractivity (Wildman–Crippen MR) is 150 cm³/mol. The molecule has 4 rings (SSSR count). The lowest BCUT2D eigenvalue weighted by Gasteiger charge is -2.26. The average Bonchev–Trinajstić information content (AvgIpc) is 3.17. The van der Waals surface area contributed by atoms with Crippen LogP contribution >= 0.6 is 0 Å². The monoisotopic (exact) mass is 531 g/mol. The molecule has 2 unspecified atom stereocenters. The Morgan fingerprint density at radius 3 is 2.10 bits per heavy atom. The van der Waals surface area contributed by atoms with E-state index in [1.165, 1.54) is 21.8 Å². The van der Waals surface area contributed by atoms with Gasteiger partial charge in [0.25, 0.3) is 0 Å². The first-order valence-corrected chi connectivity index (χ1v) is 12.6. The summed E-state index contributed by atoms with van der Waals surface area (Å²) in [4.78, 5) is 43.7. The first kappa shape index (κ1) is 27.5. The fourth-order valence-corrected chi connectivity index (χ4v) is 4.39. The van der Waals surface area contributed by atoms with Crippen LogP contribution in [0.4, 0.5) is 26.7 Å². The number of nitrogens with zero attached hydrogens (tertiary/aromatic N) is 3. The Labute approximate surface area is 228 Å². The zero-order valence-corrected chi connectivity index (χ0v) is 23.0. The smallest absolute Gasteiger partial charge is 0.414 e. The van der Waals surface area contributed by atoms with E-state index in [1.807, 2.05) is 30.3 Å². The average molecular weight is 532 g/mol. The van der Waals surface area contributed by atoms with Crippen molar-refractivity contribution in [3.8, 4) is 11.5 Å². The third-order valence-corrected chi connectivity index (χ3v) is 6.25. The van der Waals surface area contributed by atoms with Crippen molar-refractivity contribution in [3.05, 3.63) is 78.9 Å². The molecule has 0 saturated carbocycles. The summed E-state index contributed by atoms with van der Waals surface area (Å²) in [6.07, 6.45) is -0.521. The summed E-state index contributed by atoms with van der Waals surface area (Å²) in [6, 6.07) is 21.4. The lowest BCUT2D eigenvalue weighted by atomic mass is 10.1. The van der Waals surface area contributed by atoms with Crippen LogP contribution in [0.1, 0.15) is 27.7 Å². The summed E-state index contributed by atoms with van der Waals surface area (Å²) in [6.45, 7) is 7.17. The van der Waals surface area contributed by atoms with Crippen molar-refractivity contribution in [2.24, 2.45) is 0 Å². The van der Waals surface area contributed by atoms with Gasteiger partial charge in [-0.05, 0) is 82.3 Å². The van der Waals surface area contributed by atoms with E-state index >= 15 is 0 Å². The molecule has 0 aromatic heterocycles. The van der Waals surface area contributed by atoms with Gasteiger partial charge < -0.3 is 14.2 Å². The predicted octanol–water partition coefficient (Wildman–Crippen LogP) is 6.23. The van der Waals surface area contributed by atoms with Gasteiger partial charge in [0.05, 0.1) is 13.2 Å². The van der Waals surface area contributed by atoms with Crippen molar-refractivity contribution in [1.29, 1.82) is 0 Å². The molecule has 1 heterocycles. The molecular formula is C30H33N3O6. The van der Waals surface area contributed by atoms with Gasteiger partial charge in [0.1, 0.15) is 17.1 Å². The minimum Gasteiger partial charge on any atom is -0.467 e. The quantitative estimate of drug-likeness (QED) is 0.351. The molecule has 0 bridgehead atoms. The zero-order chi connectivity index (χ0) is 28.3. The molecular weight excluding hydrogens is 498 g/mol. The summed E-state index contributed by atoms with van der Waals surface area (Å²) < 4.78 is 16.4. The third kappa shape index (κ3) is 5.98. The minimum atomic E-state index is -0.893. The SMILES string of the molecule is COC(=O)C1C(C)N(c2cccc(N(C)C(=O)OC(C)(C)C)c2)C(=O)N1c1ccc(Oc2ccccc2)cc1. The van der Waals surface area contributed by atoms with E-state index in [1.54, 1.807) is 83.3 Å². The molecule has 1 saturated heterocycles. The molecule has 0 N–H and O–H groups in total. The maximum absolute atomic E-state index is 13.8. The molecule has 1 aliphatic rings. The highest BCUT2D eigenvalue weighted by molar-refractivity contribution is 6.12. The van der Waals surface area contributed by atoms with Gasteiger partial charge in [0.15, 0.2) is 6.04 Å². The van der Waals surface area contributed by atoms with Crippen molar-refractivity contribution in [1.82, 2.24) is 0 Å². The van der Waals surface area contributed by atoms with E-state index in [4.69, 9.17) is 14.2 Å². The molecule has 204 valence electrons. The highest BCUT2D eigenvalue weighted by Gasteiger charge is 2.49. The van der Waals surface area contributed by atoms with Gasteiger partial charge in [0.2, 0.25) is 0 Å². The Morgan fingerprint density at radius 1 is 0.846 bits per heavy atom. The van der Waals surface area contributed by atoms with Crippen molar-refractivity contribution >= 4 is 35.2 Å². The van der Waals surface area contributed by atoms with Crippen LogP contribution in [0.5, 0.6) is 11.5 Å². The zero-order valence-electron chi connectivity index (χ0n) is 23.0. The van der Waals surface area contributed by atoms with Crippen molar-refractivity contribution in [2.75, 3.05) is 28.9 Å². The summed E-state index contributed by atoms with van der Waals surface area (Å²) in [7, 11) is 2.90. The summed E-state index contributed by atoms with van der Waals surface area (Å²) in [5.74, 6) is 0.741. The lowest BCUT2D eigenvalue weighted by Crippen LogP contribution is -2.43. The van der Waals surface area contributed by atoms with Gasteiger partial charge in [-0.1, -0.05) is 24.3 Å². The highest BCUT2D eigenvalue weighted by atomic mass is 16.6. The van der Waals surface area contributed by atoms with Crippen LogP contribution < -0.4 is 19.4 Å². The number of anilines is 3. The van der Waals surface area contributed by atoms with E-state index in [2.05, 4.69) is 0 Å². The van der Waals surface area contributed by atoms with Gasteiger partial charge >= 0.3 is 18.1 Å². The number of carbonyl (C=O) groups excluding carboxylic acids is 3. The van der Waals surface area contributed by atoms with Gasteiger partial charge in [-0.25, -0.2) is 14.4 Å². The molecule has 0 aliphatic carbocycles. The van der Waals surface area contributed by atoms with Crippen LogP contribution in [0, 0.1) is 0 Å². The van der Waals surface area contributed by atoms with E-state index in [0.717, 1.165) is 0 Å². The van der Waals surface area contributed by atoms with Crippen LogP contribution in [-0.4, -0.2) is 49.9 Å². The van der Waals surface area contributed by atoms with Crippen molar-refractivity contribution in [3.63, 3.8) is 0 Å². The van der Waals surface area contributed by atoms with Crippen LogP contribution in [0.2, 0.25) is 0 Å². The van der Waals surface area contributed by atoms with Crippen molar-refractivity contribution < 1.29 is 28.6 Å². The molecule has 3 aromatic carbocycles. The van der Waals surface area contributed by atoms with E-state index in [9.17, 15) is 14.4 Å². The first-order valence-electron chi connectivity index (χ1n) is 12.6. The second kappa shape index (κ2) is 11.1. The fraction of sp³-hybridized carbons (Fsp3) is 0.300. The van der Waals surface area contributed by atoms with Gasteiger partial charge in [-0.2, -0.15) is 0 Å². The normalized spacial score (nSPS) is 17.1. The van der Waals surface area contributed by atoms with Crippen LogP contribution in [-0.2, 0) is 14.3 Å². The standard InChI is InChI=1S/C30H33N3O6/c1-20-26(27(34)37-6)33(21-15-17-25(18-16-21)38-24-13-8-7-9-14-24)28(35)32(20)23-12-10-11-22(19-23)31(5)29(36)39-30(2,3)4/h7-20,26H,1-6H3. The number of hydrogen-bond donors (Lipinski definition) is 0. The Kier molecular flexibility index (Phi) is 7.80. The molecule has 0 spiro atoms. The van der Waals surface area contributed by atoms with E-state index in [-0.39, 0.29) is 0 Å². The second-order valence-corrected chi connectivity index (χ2v) is 10.2. The number of benzene rings is 3. The van der Waals surface area contributed by atoms with Crippen LogP contribution in [0.3, 0.4) is 0 Å². The maximum atomic E-state index is 13.8. The van der Waals surface area contributed by atoms with Gasteiger partial charge in [-0.15, -0.1) is 0 Å². The second-order valence-electron chi connectivity index (χ2n) is 10.2. The Morgan fingerprint density at radius 2 is 1.49 bits per heavy atom. The van der Waals surface area contributed by atoms with Crippen molar-refractivity contribution in [2.45, 2.75) is 45.4 Å². The Balaban J connectivity index is 1.63. The minimum absolute atomic E-state index is 0.397. The molecule has 1 fully saturated rings. The number of hydrogen-bond acceptors (Lipinski definition) is 6. The van der Waals surface area contributed by atoms with E-state index in [0.29, 0.717) is 28.6 Å². The maximum Gasteiger partial charge on any atom is 0.414 e. The molecule has 1 aliphatic heterocycles. The number of esters is 1. The highest BCUT2D eigenvalue weighted by Crippen LogP contribution is 2.36.